The van der Waals surface area contributed by atoms with Crippen LogP contribution in [0.4, 0.5) is 0 Å². The number of likely N-dealkylation sites (tertiary alicyclic amines) is 1. The first-order valence-electron chi connectivity index (χ1n) is 10.5. The first kappa shape index (κ1) is 21.4. The predicted molar refractivity (Wildman–Crippen MR) is 120 cm³/mol. The van der Waals surface area contributed by atoms with Crippen LogP contribution in [0.3, 0.4) is 0 Å². The number of piperidine rings is 1. The lowest BCUT2D eigenvalue weighted by molar-refractivity contribution is 0.0773. The molecular weight excluding hydrogens is 414 g/mol. The lowest BCUT2D eigenvalue weighted by Crippen LogP contribution is -2.39. The second kappa shape index (κ2) is 9.98. The van der Waals surface area contributed by atoms with Gasteiger partial charge in [-0.05, 0) is 56.2 Å². The molecule has 0 atom stereocenters. The Hall–Kier alpha value is -2.84. The third-order valence-electron chi connectivity index (χ3n) is 5.25. The fraction of sp³-hybridized carbons (Fsp3) is 0.391. The third kappa shape index (κ3) is 5.08. The fourth-order valence-corrected chi connectivity index (χ4v) is 3.86. The van der Waals surface area contributed by atoms with Gasteiger partial charge in [0.05, 0.1) is 25.9 Å². The van der Waals surface area contributed by atoms with Gasteiger partial charge in [-0.2, -0.15) is 0 Å². The summed E-state index contributed by atoms with van der Waals surface area (Å²) in [5.74, 6) is 2.78. The van der Waals surface area contributed by atoms with Gasteiger partial charge in [0.15, 0.2) is 11.5 Å². The van der Waals surface area contributed by atoms with E-state index in [2.05, 4.69) is 10.00 Å². The molecule has 8 heteroatoms. The van der Waals surface area contributed by atoms with Crippen molar-refractivity contribution in [1.29, 1.82) is 0 Å². The first-order chi connectivity index (χ1) is 15.2. The highest BCUT2D eigenvalue weighted by atomic mass is 32.1. The van der Waals surface area contributed by atoms with E-state index >= 15 is 0 Å². The average Bonchev–Trinajstić information content (AvgIpc) is 3.16. The molecule has 0 unspecified atom stereocenters. The summed E-state index contributed by atoms with van der Waals surface area (Å²) in [7, 11) is 1.63. The van der Waals surface area contributed by atoms with Crippen LogP contribution in [0.1, 0.15) is 19.8 Å². The van der Waals surface area contributed by atoms with Crippen LogP contribution in [-0.2, 0) is 6.67 Å². The van der Waals surface area contributed by atoms with E-state index in [1.807, 2.05) is 55.5 Å². The van der Waals surface area contributed by atoms with E-state index in [1.165, 1.54) is 0 Å². The fourth-order valence-electron chi connectivity index (χ4n) is 3.69. The lowest BCUT2D eigenvalue weighted by atomic mass is 10.1. The zero-order valence-corrected chi connectivity index (χ0v) is 18.6. The van der Waals surface area contributed by atoms with Gasteiger partial charge >= 0.3 is 0 Å². The van der Waals surface area contributed by atoms with Crippen molar-refractivity contribution in [2.24, 2.45) is 0 Å². The van der Waals surface area contributed by atoms with E-state index in [0.717, 1.165) is 43.0 Å². The van der Waals surface area contributed by atoms with E-state index in [4.69, 9.17) is 30.8 Å². The molecule has 3 aromatic rings. The van der Waals surface area contributed by atoms with Crippen molar-refractivity contribution in [3.8, 4) is 28.7 Å². The number of hydrogen-bond acceptors (Lipinski definition) is 7. The number of benzene rings is 2. The monoisotopic (exact) mass is 441 g/mol. The molecule has 1 aromatic heterocycles. The summed E-state index contributed by atoms with van der Waals surface area (Å²) in [4.78, 5) is 2.66. The van der Waals surface area contributed by atoms with E-state index < -0.39 is 0 Å². The maximum atomic E-state index is 6.22. The maximum absolute atomic E-state index is 6.22. The molecule has 2 aromatic carbocycles. The Labute approximate surface area is 187 Å². The van der Waals surface area contributed by atoms with Gasteiger partial charge in [0.1, 0.15) is 11.9 Å². The summed E-state index contributed by atoms with van der Waals surface area (Å²) in [5, 5.41) is 4.58. The van der Waals surface area contributed by atoms with E-state index in [1.54, 1.807) is 11.8 Å². The van der Waals surface area contributed by atoms with Crippen molar-refractivity contribution < 1.29 is 18.6 Å². The molecular formula is C23H27N3O4S. The molecule has 1 fully saturated rings. The highest BCUT2D eigenvalue weighted by Gasteiger charge is 2.23. The number of nitrogens with zero attached hydrogens (tertiary/aromatic N) is 3. The van der Waals surface area contributed by atoms with E-state index in [-0.39, 0.29) is 6.10 Å². The molecule has 1 saturated heterocycles. The van der Waals surface area contributed by atoms with Gasteiger partial charge in [0, 0.05) is 13.1 Å². The van der Waals surface area contributed by atoms with Crippen molar-refractivity contribution >= 4 is 12.2 Å². The van der Waals surface area contributed by atoms with Gasteiger partial charge in [-0.15, -0.1) is 5.10 Å². The van der Waals surface area contributed by atoms with Crippen molar-refractivity contribution in [3.63, 3.8) is 0 Å². The summed E-state index contributed by atoms with van der Waals surface area (Å²) < 4.78 is 24.8. The Kier molecular flexibility index (Phi) is 6.89. The molecule has 164 valence electrons. The van der Waals surface area contributed by atoms with Crippen molar-refractivity contribution in [3.05, 3.63) is 53.4 Å². The topological polar surface area (TPSA) is 61.9 Å². The van der Waals surface area contributed by atoms with Gasteiger partial charge < -0.3 is 18.6 Å². The molecule has 1 aliphatic rings. The van der Waals surface area contributed by atoms with Gasteiger partial charge in [0.2, 0.25) is 0 Å². The van der Waals surface area contributed by atoms with Crippen molar-refractivity contribution in [1.82, 2.24) is 14.7 Å². The van der Waals surface area contributed by atoms with Gasteiger partial charge in [-0.3, -0.25) is 4.90 Å². The summed E-state index contributed by atoms with van der Waals surface area (Å²) in [6, 6.07) is 15.5. The normalized spacial score (nSPS) is 15.0. The van der Waals surface area contributed by atoms with Crippen LogP contribution in [-0.4, -0.2) is 47.6 Å². The molecule has 0 bridgehead atoms. The van der Waals surface area contributed by atoms with Crippen molar-refractivity contribution in [2.45, 2.75) is 32.5 Å². The Morgan fingerprint density at radius 3 is 2.42 bits per heavy atom. The summed E-state index contributed by atoms with van der Waals surface area (Å²) in [6.07, 6.45) is 2.00. The van der Waals surface area contributed by atoms with Gasteiger partial charge in [0.25, 0.3) is 10.7 Å². The number of ether oxygens (including phenoxy) is 3. The zero-order valence-electron chi connectivity index (χ0n) is 17.8. The molecule has 1 aliphatic heterocycles. The van der Waals surface area contributed by atoms with Crippen LogP contribution in [0.5, 0.6) is 17.2 Å². The quantitative estimate of drug-likeness (QED) is 0.466. The summed E-state index contributed by atoms with van der Waals surface area (Å²) in [5.41, 5.74) is 0.787. The number of hydrogen-bond donors (Lipinski definition) is 0. The molecule has 2 heterocycles. The SMILES string of the molecule is CCOc1ccccc1OC1CCN(Cn2nc(-c3ccccc3OC)oc2=S)CC1. The Morgan fingerprint density at radius 2 is 1.71 bits per heavy atom. The van der Waals surface area contributed by atoms with Crippen LogP contribution in [0.25, 0.3) is 11.5 Å². The molecule has 0 aliphatic carbocycles. The van der Waals surface area contributed by atoms with E-state index in [9.17, 15) is 0 Å². The molecule has 0 N–H and O–H groups in total. The number of aromatic nitrogens is 2. The minimum Gasteiger partial charge on any atom is -0.496 e. The lowest BCUT2D eigenvalue weighted by Gasteiger charge is -2.32. The van der Waals surface area contributed by atoms with E-state index in [0.29, 0.717) is 29.8 Å². The third-order valence-corrected chi connectivity index (χ3v) is 5.55. The van der Waals surface area contributed by atoms with Crippen LogP contribution in [0, 0.1) is 4.84 Å². The molecule has 4 rings (SSSR count). The zero-order chi connectivity index (χ0) is 21.6. The van der Waals surface area contributed by atoms with Crippen molar-refractivity contribution in [2.75, 3.05) is 26.8 Å². The number of para-hydroxylation sites is 3. The summed E-state index contributed by atoms with van der Waals surface area (Å²) >= 11 is 5.40. The van der Waals surface area contributed by atoms with Gasteiger partial charge in [-0.25, -0.2) is 4.68 Å². The first-order valence-corrected chi connectivity index (χ1v) is 10.9. The number of methoxy groups -OCH3 is 1. The second-order valence-corrected chi connectivity index (χ2v) is 7.68. The molecule has 0 radical (unpaired) electrons. The van der Waals surface area contributed by atoms with Crippen LogP contribution >= 0.6 is 12.2 Å². The van der Waals surface area contributed by atoms with Crippen LogP contribution < -0.4 is 14.2 Å². The van der Waals surface area contributed by atoms with Crippen LogP contribution in [0.15, 0.2) is 52.9 Å². The highest BCUT2D eigenvalue weighted by Crippen LogP contribution is 2.30. The average molecular weight is 442 g/mol. The molecule has 0 amide bonds. The Bertz CT molecular complexity index is 1060. The summed E-state index contributed by atoms with van der Waals surface area (Å²) in [6.45, 7) is 4.96. The minimum atomic E-state index is 0.160. The Balaban J connectivity index is 1.37. The van der Waals surface area contributed by atoms with Gasteiger partial charge in [-0.1, -0.05) is 24.3 Å². The maximum Gasteiger partial charge on any atom is 0.288 e. The Morgan fingerprint density at radius 1 is 1.03 bits per heavy atom. The number of rotatable bonds is 8. The molecule has 7 nitrogen and oxygen atoms in total. The standard InChI is InChI=1S/C23H27N3O4S/c1-3-28-20-10-6-7-11-21(20)29-17-12-14-25(15-13-17)16-26-23(31)30-22(24-26)18-8-4-5-9-19(18)27-2/h4-11,17H,3,12-16H2,1-2H3. The van der Waals surface area contributed by atoms with Crippen LogP contribution in [0.2, 0.25) is 0 Å². The minimum absolute atomic E-state index is 0.160. The molecule has 31 heavy (non-hydrogen) atoms. The predicted octanol–water partition coefficient (Wildman–Crippen LogP) is 4.78. The molecule has 0 saturated carbocycles. The second-order valence-electron chi connectivity index (χ2n) is 7.33. The smallest absolute Gasteiger partial charge is 0.288 e. The largest absolute Gasteiger partial charge is 0.496 e. The highest BCUT2D eigenvalue weighted by molar-refractivity contribution is 7.71. The molecule has 0 spiro atoms.